The lowest BCUT2D eigenvalue weighted by molar-refractivity contribution is 0.103. The molecule has 0 atom stereocenters. The summed E-state index contributed by atoms with van der Waals surface area (Å²) in [4.78, 5) is 13.2. The molecule has 0 spiro atoms. The number of thiophene rings is 1. The second-order valence-electron chi connectivity index (χ2n) is 5.41. The zero-order valence-electron chi connectivity index (χ0n) is 13.5. The van der Waals surface area contributed by atoms with Crippen LogP contribution in [0.4, 0.5) is 11.4 Å². The highest BCUT2D eigenvalue weighted by Gasteiger charge is 2.11. The Labute approximate surface area is 150 Å². The van der Waals surface area contributed by atoms with Gasteiger partial charge in [0.25, 0.3) is 5.91 Å². The number of benzene rings is 2. The average Bonchev–Trinajstić information content (AvgIpc) is 3.06. The van der Waals surface area contributed by atoms with Gasteiger partial charge in [-0.15, -0.1) is 11.3 Å². The Balaban J connectivity index is 1.75. The molecule has 0 aliphatic rings. The first kappa shape index (κ1) is 16.6. The maximum atomic E-state index is 12.5. The van der Waals surface area contributed by atoms with Crippen molar-refractivity contribution >= 4 is 40.6 Å². The van der Waals surface area contributed by atoms with Crippen LogP contribution in [-0.4, -0.2) is 12.2 Å². The van der Waals surface area contributed by atoms with Gasteiger partial charge in [0.05, 0.1) is 4.88 Å². The zero-order chi connectivity index (χ0) is 16.9. The number of carbonyl (C=O) groups is 1. The predicted molar refractivity (Wildman–Crippen MR) is 106 cm³/mol. The van der Waals surface area contributed by atoms with Crippen molar-refractivity contribution in [1.29, 1.82) is 0 Å². The van der Waals surface area contributed by atoms with E-state index in [4.69, 9.17) is 0 Å². The minimum absolute atomic E-state index is 0.0831. The zero-order valence-corrected chi connectivity index (χ0v) is 15.1. The maximum absolute atomic E-state index is 12.5. The van der Waals surface area contributed by atoms with Gasteiger partial charge >= 0.3 is 0 Å². The van der Waals surface area contributed by atoms with Crippen molar-refractivity contribution in [3.05, 3.63) is 70.4 Å². The fourth-order valence-corrected chi connectivity index (χ4v) is 3.58. The van der Waals surface area contributed by atoms with E-state index < -0.39 is 0 Å². The second-order valence-corrected chi connectivity index (χ2v) is 6.93. The lowest BCUT2D eigenvalue weighted by atomic mass is 10.1. The van der Waals surface area contributed by atoms with Crippen molar-refractivity contribution in [2.75, 3.05) is 16.3 Å². The van der Waals surface area contributed by atoms with Crippen molar-refractivity contribution in [2.45, 2.75) is 6.92 Å². The van der Waals surface area contributed by atoms with Crippen LogP contribution in [0, 0.1) is 6.92 Å². The molecule has 122 valence electrons. The van der Waals surface area contributed by atoms with Crippen LogP contribution in [0.5, 0.6) is 0 Å². The number of amides is 1. The van der Waals surface area contributed by atoms with Gasteiger partial charge in [-0.05, 0) is 47.7 Å². The first-order valence-corrected chi connectivity index (χ1v) is 9.62. The molecule has 3 aromatic rings. The Bertz CT molecular complexity index is 858. The van der Waals surface area contributed by atoms with Crippen molar-refractivity contribution in [2.24, 2.45) is 0 Å². The third kappa shape index (κ3) is 3.99. The summed E-state index contributed by atoms with van der Waals surface area (Å²) in [5.41, 5.74) is 5.17. The standard InChI is InChI=1S/C19H18N2OS2/c1-13-5-3-6-14(9-13)15-10-18(24-12-15)19(22)20-16-7-4-8-17(11-16)21-23-2/h3-12,21H,1-2H3,(H,20,22). The molecule has 1 aromatic heterocycles. The molecule has 0 unspecified atom stereocenters. The van der Waals surface area contributed by atoms with E-state index in [0.29, 0.717) is 4.88 Å². The summed E-state index contributed by atoms with van der Waals surface area (Å²) in [7, 11) is 0. The van der Waals surface area contributed by atoms with Gasteiger partial charge in [-0.25, -0.2) is 0 Å². The molecule has 2 aromatic carbocycles. The fourth-order valence-electron chi connectivity index (χ4n) is 2.40. The molecule has 2 N–H and O–H groups in total. The Hall–Kier alpha value is -2.24. The largest absolute Gasteiger partial charge is 0.330 e. The molecular weight excluding hydrogens is 336 g/mol. The number of carbonyl (C=O) groups excluding carboxylic acids is 1. The van der Waals surface area contributed by atoms with Crippen molar-refractivity contribution in [1.82, 2.24) is 0 Å². The molecule has 0 aliphatic carbocycles. The van der Waals surface area contributed by atoms with Gasteiger partial charge in [0.1, 0.15) is 0 Å². The fraction of sp³-hybridized carbons (Fsp3) is 0.105. The van der Waals surface area contributed by atoms with E-state index in [1.54, 1.807) is 0 Å². The monoisotopic (exact) mass is 354 g/mol. The number of anilines is 2. The van der Waals surface area contributed by atoms with Crippen LogP contribution in [0.15, 0.2) is 60.0 Å². The van der Waals surface area contributed by atoms with E-state index in [-0.39, 0.29) is 5.91 Å². The van der Waals surface area contributed by atoms with Gasteiger partial charge in [-0.1, -0.05) is 47.8 Å². The van der Waals surface area contributed by atoms with Crippen LogP contribution in [0.2, 0.25) is 0 Å². The Morgan fingerprint density at radius 2 is 1.79 bits per heavy atom. The van der Waals surface area contributed by atoms with E-state index in [0.717, 1.165) is 22.5 Å². The summed E-state index contributed by atoms with van der Waals surface area (Å²) in [5.74, 6) is -0.0831. The molecular formula is C19H18N2OS2. The van der Waals surface area contributed by atoms with Crippen molar-refractivity contribution in [3.63, 3.8) is 0 Å². The van der Waals surface area contributed by atoms with E-state index >= 15 is 0 Å². The summed E-state index contributed by atoms with van der Waals surface area (Å²) in [6.45, 7) is 2.07. The molecule has 3 nitrogen and oxygen atoms in total. The number of hydrogen-bond donors (Lipinski definition) is 2. The number of aryl methyl sites for hydroxylation is 1. The van der Waals surface area contributed by atoms with E-state index in [1.807, 2.05) is 48.0 Å². The highest BCUT2D eigenvalue weighted by molar-refractivity contribution is 7.99. The molecule has 0 aliphatic heterocycles. The molecule has 5 heteroatoms. The van der Waals surface area contributed by atoms with Gasteiger partial charge in [0.15, 0.2) is 0 Å². The third-order valence-electron chi connectivity index (χ3n) is 3.52. The number of rotatable bonds is 5. The normalized spacial score (nSPS) is 10.4. The molecule has 0 saturated heterocycles. The lowest BCUT2D eigenvalue weighted by Crippen LogP contribution is -2.10. The summed E-state index contributed by atoms with van der Waals surface area (Å²) < 4.78 is 3.16. The molecule has 0 fully saturated rings. The average molecular weight is 355 g/mol. The van der Waals surface area contributed by atoms with Gasteiger partial charge in [0.2, 0.25) is 0 Å². The molecule has 1 amide bonds. The maximum Gasteiger partial charge on any atom is 0.265 e. The second kappa shape index (κ2) is 7.55. The van der Waals surface area contributed by atoms with Crippen LogP contribution in [0.1, 0.15) is 15.2 Å². The van der Waals surface area contributed by atoms with Crippen LogP contribution in [0.25, 0.3) is 11.1 Å². The minimum atomic E-state index is -0.0831. The van der Waals surface area contributed by atoms with Crippen molar-refractivity contribution in [3.8, 4) is 11.1 Å². The van der Waals surface area contributed by atoms with Crippen molar-refractivity contribution < 1.29 is 4.79 Å². The SMILES string of the molecule is CSNc1cccc(NC(=O)c2cc(-c3cccc(C)c3)cs2)c1. The summed E-state index contributed by atoms with van der Waals surface area (Å²) in [6.07, 6.45) is 1.96. The van der Waals surface area contributed by atoms with E-state index in [1.165, 1.54) is 28.8 Å². The molecule has 0 radical (unpaired) electrons. The summed E-state index contributed by atoms with van der Waals surface area (Å²) in [5, 5.41) is 4.98. The molecule has 24 heavy (non-hydrogen) atoms. The number of hydrogen-bond acceptors (Lipinski definition) is 4. The molecule has 0 saturated carbocycles. The first-order valence-electron chi connectivity index (χ1n) is 7.52. The third-order valence-corrected chi connectivity index (χ3v) is 4.88. The number of nitrogens with one attached hydrogen (secondary N) is 2. The predicted octanol–water partition coefficient (Wildman–Crippen LogP) is 5.67. The summed E-state index contributed by atoms with van der Waals surface area (Å²) >= 11 is 2.98. The van der Waals surface area contributed by atoms with Gasteiger partial charge in [0, 0.05) is 17.6 Å². The topological polar surface area (TPSA) is 41.1 Å². The van der Waals surface area contributed by atoms with E-state index in [2.05, 4.69) is 35.2 Å². The lowest BCUT2D eigenvalue weighted by Gasteiger charge is -2.07. The first-order chi connectivity index (χ1) is 11.7. The van der Waals surface area contributed by atoms with Crippen LogP contribution in [0.3, 0.4) is 0 Å². The van der Waals surface area contributed by atoms with Crippen LogP contribution < -0.4 is 10.0 Å². The highest BCUT2D eigenvalue weighted by atomic mass is 32.2. The molecule has 3 rings (SSSR count). The Morgan fingerprint density at radius 3 is 2.58 bits per heavy atom. The van der Waals surface area contributed by atoms with Crippen LogP contribution >= 0.6 is 23.3 Å². The Kier molecular flexibility index (Phi) is 5.23. The molecule has 0 bridgehead atoms. The summed E-state index contributed by atoms with van der Waals surface area (Å²) in [6, 6.07) is 17.9. The van der Waals surface area contributed by atoms with Crippen LogP contribution in [-0.2, 0) is 0 Å². The minimum Gasteiger partial charge on any atom is -0.330 e. The smallest absolute Gasteiger partial charge is 0.265 e. The highest BCUT2D eigenvalue weighted by Crippen LogP contribution is 2.27. The quantitative estimate of drug-likeness (QED) is 0.580. The van der Waals surface area contributed by atoms with Gasteiger partial charge < -0.3 is 10.0 Å². The van der Waals surface area contributed by atoms with Gasteiger partial charge in [-0.2, -0.15) is 0 Å². The molecule has 1 heterocycles. The van der Waals surface area contributed by atoms with Gasteiger partial charge in [-0.3, -0.25) is 4.79 Å². The Morgan fingerprint density at radius 1 is 1.00 bits per heavy atom. The van der Waals surface area contributed by atoms with E-state index in [9.17, 15) is 4.79 Å².